The van der Waals surface area contributed by atoms with E-state index in [2.05, 4.69) is 5.92 Å². The van der Waals surface area contributed by atoms with Gasteiger partial charge in [-0.15, -0.1) is 24.1 Å². The Morgan fingerprint density at radius 3 is 2.20 bits per heavy atom. The number of rotatable bonds is 8. The number of amides is 1. The number of unbranched alkanes of at least 4 members (excludes halogenated alkanes) is 2. The number of alkyl halides is 3. The van der Waals surface area contributed by atoms with Gasteiger partial charge in [-0.2, -0.15) is 13.2 Å². The molecule has 0 radical (unpaired) electrons. The number of hydrogen-bond donors (Lipinski definition) is 1. The third-order valence-corrected chi connectivity index (χ3v) is 4.00. The number of terminal acetylenes is 1. The molecule has 20 heavy (non-hydrogen) atoms. The number of nitrogens with two attached hydrogens (primary N) is 1. The lowest BCUT2D eigenvalue weighted by Gasteiger charge is -2.25. The Balaban J connectivity index is 0. The van der Waals surface area contributed by atoms with Gasteiger partial charge in [0, 0.05) is 22.1 Å². The molecule has 0 saturated heterocycles. The van der Waals surface area contributed by atoms with Crippen molar-refractivity contribution in [2.75, 3.05) is 5.75 Å². The molecular formula is C12H18F3NO3S. The molecule has 1 amide bonds. The second-order valence-corrected chi connectivity index (χ2v) is 5.82. The molecule has 0 fully saturated rings. The average Bonchev–Trinajstić information content (AvgIpc) is 2.35. The number of primary amides is 1. The third kappa shape index (κ3) is 10.7. The molecular weight excluding hydrogens is 295 g/mol. The molecule has 0 aromatic rings. The van der Waals surface area contributed by atoms with Crippen molar-refractivity contribution in [3.8, 4) is 12.3 Å². The fourth-order valence-electron chi connectivity index (χ4n) is 1.35. The molecule has 0 aromatic carbocycles. The second-order valence-electron chi connectivity index (χ2n) is 4.22. The first kappa shape index (κ1) is 21.1. The Kier molecular flexibility index (Phi) is 11.1. The van der Waals surface area contributed by atoms with Gasteiger partial charge >= 0.3 is 6.18 Å². The highest BCUT2D eigenvalue weighted by atomic mass is 32.2. The van der Waals surface area contributed by atoms with Crippen LogP contribution in [0.25, 0.3) is 0 Å². The molecule has 0 rings (SSSR count). The van der Waals surface area contributed by atoms with Crippen molar-refractivity contribution in [1.82, 2.24) is 0 Å². The van der Waals surface area contributed by atoms with Gasteiger partial charge in [0.15, 0.2) is 0 Å². The van der Waals surface area contributed by atoms with Crippen LogP contribution in [0, 0.1) is 22.3 Å². The van der Waals surface area contributed by atoms with Crippen molar-refractivity contribution in [1.29, 1.82) is 0 Å². The molecule has 1 unspecified atom stereocenters. The normalized spacial score (nSPS) is 13.6. The van der Waals surface area contributed by atoms with Crippen molar-refractivity contribution >= 4 is 17.7 Å². The van der Waals surface area contributed by atoms with Crippen LogP contribution in [0.5, 0.6) is 0 Å². The summed E-state index contributed by atoms with van der Waals surface area (Å²) in [5.74, 6) is 1.75. The summed E-state index contributed by atoms with van der Waals surface area (Å²) in [4.78, 5) is 25.3. The summed E-state index contributed by atoms with van der Waals surface area (Å²) in [6.45, 7) is 1.59. The lowest BCUT2D eigenvalue weighted by Crippen LogP contribution is -2.38. The van der Waals surface area contributed by atoms with E-state index in [-0.39, 0.29) is 5.75 Å². The lowest BCUT2D eigenvalue weighted by molar-refractivity contribution is -0.130. The zero-order valence-electron chi connectivity index (χ0n) is 11.2. The van der Waals surface area contributed by atoms with Crippen molar-refractivity contribution in [3.05, 3.63) is 9.93 Å². The van der Waals surface area contributed by atoms with Gasteiger partial charge in [0.05, 0.1) is 11.2 Å². The zero-order chi connectivity index (χ0) is 16.2. The van der Waals surface area contributed by atoms with Gasteiger partial charge < -0.3 is 5.73 Å². The summed E-state index contributed by atoms with van der Waals surface area (Å²) in [5, 5.41) is 0. The standard InChI is InChI=1S/C12H18F3NOS.O2/c1-3-4-5-6-7-11(2,10(16)17)18-9-8-12(13,14)15;1-2/h1H,4-9H2,2H3,(H2,16,17);. The maximum atomic E-state index is 12.0. The minimum Gasteiger partial charge on any atom is -0.368 e. The molecule has 2 N–H and O–H groups in total. The summed E-state index contributed by atoms with van der Waals surface area (Å²) in [6.07, 6.45) is 2.47. The highest BCUT2D eigenvalue weighted by Crippen LogP contribution is 2.33. The number of thioether (sulfide) groups is 1. The largest absolute Gasteiger partial charge is 0.389 e. The monoisotopic (exact) mass is 313 g/mol. The lowest BCUT2D eigenvalue weighted by atomic mass is 10.0. The summed E-state index contributed by atoms with van der Waals surface area (Å²) < 4.78 is 35.2. The second kappa shape index (κ2) is 10.5. The summed E-state index contributed by atoms with van der Waals surface area (Å²) in [7, 11) is 0. The highest BCUT2D eigenvalue weighted by molar-refractivity contribution is 8.01. The van der Waals surface area contributed by atoms with Gasteiger partial charge in [-0.05, 0) is 19.8 Å². The molecule has 0 aliphatic rings. The van der Waals surface area contributed by atoms with E-state index in [9.17, 15) is 18.0 Å². The molecule has 8 heteroatoms. The van der Waals surface area contributed by atoms with E-state index in [4.69, 9.17) is 22.1 Å². The van der Waals surface area contributed by atoms with Crippen LogP contribution >= 0.6 is 11.8 Å². The molecule has 0 aromatic heterocycles. The van der Waals surface area contributed by atoms with E-state index in [1.165, 1.54) is 0 Å². The topological polar surface area (TPSA) is 77.2 Å². The van der Waals surface area contributed by atoms with E-state index in [0.29, 0.717) is 19.3 Å². The Labute approximate surface area is 120 Å². The third-order valence-electron chi connectivity index (χ3n) is 2.55. The van der Waals surface area contributed by atoms with Gasteiger partial charge in [-0.3, -0.25) is 4.79 Å². The number of carbonyl (C=O) groups excluding carboxylic acids is 1. The van der Waals surface area contributed by atoms with Crippen molar-refractivity contribution < 1.29 is 18.0 Å². The SMILES string of the molecule is C#CCCCCC(C)(SCCC(F)(F)F)C(N)=O.O=O. The van der Waals surface area contributed by atoms with Gasteiger partial charge in [0.2, 0.25) is 5.91 Å². The highest BCUT2D eigenvalue weighted by Gasteiger charge is 2.33. The Hall–Kier alpha value is -1.23. The maximum absolute atomic E-state index is 12.0. The first-order chi connectivity index (χ1) is 9.21. The van der Waals surface area contributed by atoms with E-state index in [1.807, 2.05) is 0 Å². The van der Waals surface area contributed by atoms with Crippen molar-refractivity contribution in [2.45, 2.75) is 50.0 Å². The zero-order valence-corrected chi connectivity index (χ0v) is 12.0. The molecule has 0 spiro atoms. The first-order valence-electron chi connectivity index (χ1n) is 5.82. The smallest absolute Gasteiger partial charge is 0.368 e. The fraction of sp³-hybridized carbons (Fsp3) is 0.750. The summed E-state index contributed by atoms with van der Waals surface area (Å²) in [6, 6.07) is 0. The Bertz CT molecular complexity index is 331. The van der Waals surface area contributed by atoms with Gasteiger partial charge in [0.1, 0.15) is 0 Å². The number of hydrogen-bond acceptors (Lipinski definition) is 4. The van der Waals surface area contributed by atoms with E-state index < -0.39 is 23.3 Å². The molecule has 0 bridgehead atoms. The summed E-state index contributed by atoms with van der Waals surface area (Å²) in [5.41, 5.74) is 5.25. The Morgan fingerprint density at radius 1 is 1.25 bits per heavy atom. The quantitative estimate of drug-likeness (QED) is 0.551. The minimum atomic E-state index is -4.20. The molecule has 116 valence electrons. The van der Waals surface area contributed by atoms with E-state index in [0.717, 1.165) is 18.2 Å². The predicted octanol–water partition coefficient (Wildman–Crippen LogP) is 3.18. The number of halogens is 3. The van der Waals surface area contributed by atoms with Crippen LogP contribution in [0.3, 0.4) is 0 Å². The van der Waals surface area contributed by atoms with Crippen LogP contribution in [0.2, 0.25) is 0 Å². The van der Waals surface area contributed by atoms with Crippen LogP contribution in [-0.2, 0) is 4.79 Å². The predicted molar refractivity (Wildman–Crippen MR) is 74.8 cm³/mol. The van der Waals surface area contributed by atoms with Crippen LogP contribution in [-0.4, -0.2) is 22.6 Å². The summed E-state index contributed by atoms with van der Waals surface area (Å²) >= 11 is 0.971. The van der Waals surface area contributed by atoms with Crippen LogP contribution in [0.15, 0.2) is 0 Å². The van der Waals surface area contributed by atoms with Gasteiger partial charge in [-0.1, -0.05) is 6.42 Å². The van der Waals surface area contributed by atoms with Crippen LogP contribution in [0.1, 0.15) is 39.0 Å². The molecule has 1 atom stereocenters. The first-order valence-corrected chi connectivity index (χ1v) is 6.80. The molecule has 0 heterocycles. The number of carbonyl (C=O) groups is 1. The molecule has 0 saturated carbocycles. The van der Waals surface area contributed by atoms with Crippen LogP contribution in [0.4, 0.5) is 13.2 Å². The van der Waals surface area contributed by atoms with Crippen molar-refractivity contribution in [3.63, 3.8) is 0 Å². The average molecular weight is 313 g/mol. The molecule has 0 aliphatic carbocycles. The Morgan fingerprint density at radius 2 is 1.80 bits per heavy atom. The van der Waals surface area contributed by atoms with E-state index in [1.54, 1.807) is 6.92 Å². The van der Waals surface area contributed by atoms with Gasteiger partial charge in [0.25, 0.3) is 0 Å². The van der Waals surface area contributed by atoms with E-state index >= 15 is 0 Å². The minimum absolute atomic E-state index is 0.155. The maximum Gasteiger partial charge on any atom is 0.389 e. The van der Waals surface area contributed by atoms with Gasteiger partial charge in [-0.25, -0.2) is 0 Å². The van der Waals surface area contributed by atoms with Crippen molar-refractivity contribution in [2.24, 2.45) is 5.73 Å². The molecule has 0 aliphatic heterocycles. The fourth-order valence-corrected chi connectivity index (χ4v) is 2.56. The molecule has 4 nitrogen and oxygen atoms in total. The van der Waals surface area contributed by atoms with Crippen LogP contribution < -0.4 is 5.73 Å².